The van der Waals surface area contributed by atoms with Crippen molar-refractivity contribution >= 4 is 23.0 Å². The lowest BCUT2D eigenvalue weighted by Crippen LogP contribution is -2.27. The molecule has 2 rings (SSSR count). The number of hydrogen-bond donors (Lipinski definition) is 2. The molecule has 0 bridgehead atoms. The van der Waals surface area contributed by atoms with Crippen LogP contribution in [0.25, 0.3) is 0 Å². The van der Waals surface area contributed by atoms with Gasteiger partial charge in [-0.25, -0.2) is 0 Å². The highest BCUT2D eigenvalue weighted by molar-refractivity contribution is 7.80. The number of benzene rings is 1. The number of nitrogens with zero attached hydrogens (tertiary/aromatic N) is 1. The predicted molar refractivity (Wildman–Crippen MR) is 96.1 cm³/mol. The average molecular weight is 331 g/mol. The highest BCUT2D eigenvalue weighted by Gasteiger charge is 2.06. The van der Waals surface area contributed by atoms with Gasteiger partial charge in [0, 0.05) is 24.6 Å². The minimum atomic E-state index is 0.558. The third-order valence-electron chi connectivity index (χ3n) is 3.00. The Morgan fingerprint density at radius 3 is 2.43 bits per heavy atom. The third-order valence-corrected chi connectivity index (χ3v) is 3.25. The minimum Gasteiger partial charge on any atom is -0.490 e. The van der Waals surface area contributed by atoms with Crippen LogP contribution in [0.2, 0.25) is 0 Å². The maximum absolute atomic E-state index is 5.62. The number of anilines is 1. The van der Waals surface area contributed by atoms with Gasteiger partial charge in [0.1, 0.15) is 0 Å². The highest BCUT2D eigenvalue weighted by Crippen LogP contribution is 2.28. The molecule has 5 nitrogen and oxygen atoms in total. The van der Waals surface area contributed by atoms with Gasteiger partial charge in [0.15, 0.2) is 16.6 Å². The van der Waals surface area contributed by atoms with Gasteiger partial charge in [-0.05, 0) is 55.9 Å². The zero-order chi connectivity index (χ0) is 16.5. The van der Waals surface area contributed by atoms with E-state index >= 15 is 0 Å². The van der Waals surface area contributed by atoms with Crippen molar-refractivity contribution < 1.29 is 9.47 Å². The van der Waals surface area contributed by atoms with Crippen LogP contribution < -0.4 is 20.1 Å². The summed E-state index contributed by atoms with van der Waals surface area (Å²) in [5, 5.41) is 6.84. The maximum Gasteiger partial charge on any atom is 0.171 e. The second-order valence-electron chi connectivity index (χ2n) is 4.69. The van der Waals surface area contributed by atoms with Gasteiger partial charge < -0.3 is 20.1 Å². The predicted octanol–water partition coefficient (Wildman–Crippen LogP) is 3.37. The van der Waals surface area contributed by atoms with Crippen LogP contribution in [0.15, 0.2) is 42.7 Å². The number of aromatic nitrogens is 1. The van der Waals surface area contributed by atoms with E-state index in [1.807, 2.05) is 44.2 Å². The second kappa shape index (κ2) is 8.95. The second-order valence-corrected chi connectivity index (χ2v) is 5.10. The number of rotatable bonds is 7. The third kappa shape index (κ3) is 5.41. The summed E-state index contributed by atoms with van der Waals surface area (Å²) in [6, 6.07) is 9.60. The van der Waals surface area contributed by atoms with Gasteiger partial charge in [-0.2, -0.15) is 0 Å². The smallest absolute Gasteiger partial charge is 0.171 e. The summed E-state index contributed by atoms with van der Waals surface area (Å²) in [6.45, 7) is 5.71. The molecule has 0 aliphatic heterocycles. The van der Waals surface area contributed by atoms with Gasteiger partial charge in [0.05, 0.1) is 13.2 Å². The van der Waals surface area contributed by atoms with Crippen molar-refractivity contribution in [2.75, 3.05) is 18.5 Å². The van der Waals surface area contributed by atoms with Crippen LogP contribution in [-0.4, -0.2) is 23.3 Å². The summed E-state index contributed by atoms with van der Waals surface area (Å²) in [4.78, 5) is 3.97. The van der Waals surface area contributed by atoms with E-state index < -0.39 is 0 Å². The Morgan fingerprint density at radius 1 is 1.04 bits per heavy atom. The Bertz CT molecular complexity index is 635. The van der Waals surface area contributed by atoms with E-state index in [2.05, 4.69) is 15.6 Å². The van der Waals surface area contributed by atoms with Gasteiger partial charge in [-0.3, -0.25) is 4.98 Å². The van der Waals surface area contributed by atoms with Crippen molar-refractivity contribution in [3.63, 3.8) is 0 Å². The van der Waals surface area contributed by atoms with Gasteiger partial charge in [0.2, 0.25) is 0 Å². The number of pyridine rings is 1. The lowest BCUT2D eigenvalue weighted by atomic mass is 10.2. The fraction of sp³-hybridized carbons (Fsp3) is 0.294. The largest absolute Gasteiger partial charge is 0.490 e. The fourth-order valence-corrected chi connectivity index (χ4v) is 2.19. The van der Waals surface area contributed by atoms with Gasteiger partial charge in [-0.15, -0.1) is 0 Å². The molecule has 0 aliphatic carbocycles. The van der Waals surface area contributed by atoms with Crippen molar-refractivity contribution in [1.29, 1.82) is 0 Å². The SMILES string of the molecule is CCOc1ccc(CNC(=S)Nc2ccncc2)cc1OCC. The molecular weight excluding hydrogens is 310 g/mol. The molecule has 0 unspecified atom stereocenters. The van der Waals surface area contributed by atoms with Crippen molar-refractivity contribution in [2.24, 2.45) is 0 Å². The maximum atomic E-state index is 5.62. The average Bonchev–Trinajstić information content (AvgIpc) is 2.56. The Balaban J connectivity index is 1.94. The molecule has 6 heteroatoms. The normalized spacial score (nSPS) is 10.0. The Labute approximate surface area is 142 Å². The summed E-state index contributed by atoms with van der Waals surface area (Å²) in [6.07, 6.45) is 3.43. The number of nitrogens with one attached hydrogen (secondary N) is 2. The van der Waals surface area contributed by atoms with Crippen LogP contribution in [0, 0.1) is 0 Å². The highest BCUT2D eigenvalue weighted by atomic mass is 32.1. The molecular formula is C17H21N3O2S. The van der Waals surface area contributed by atoms with Crippen LogP contribution in [0.1, 0.15) is 19.4 Å². The summed E-state index contributed by atoms with van der Waals surface area (Å²) >= 11 is 5.29. The van der Waals surface area contributed by atoms with E-state index in [0.717, 1.165) is 22.7 Å². The molecule has 0 spiro atoms. The zero-order valence-corrected chi connectivity index (χ0v) is 14.2. The van der Waals surface area contributed by atoms with Crippen LogP contribution in [0.5, 0.6) is 11.5 Å². The number of ether oxygens (including phenoxy) is 2. The van der Waals surface area contributed by atoms with Crippen molar-refractivity contribution in [1.82, 2.24) is 10.3 Å². The first kappa shape index (κ1) is 17.0. The first-order valence-corrected chi connectivity index (χ1v) is 7.97. The van der Waals surface area contributed by atoms with Crippen molar-refractivity contribution in [3.05, 3.63) is 48.3 Å². The molecule has 0 radical (unpaired) electrons. The summed E-state index contributed by atoms with van der Waals surface area (Å²) in [5.74, 6) is 1.51. The van der Waals surface area contributed by atoms with Crippen molar-refractivity contribution in [2.45, 2.75) is 20.4 Å². The molecule has 122 valence electrons. The van der Waals surface area contributed by atoms with E-state index in [0.29, 0.717) is 24.9 Å². The molecule has 0 aliphatic rings. The van der Waals surface area contributed by atoms with E-state index in [1.165, 1.54) is 0 Å². The molecule has 0 amide bonds. The first-order valence-electron chi connectivity index (χ1n) is 7.56. The molecule has 1 aromatic heterocycles. The standard InChI is InChI=1S/C17H21N3O2S/c1-3-21-15-6-5-13(11-16(15)22-4-2)12-19-17(23)20-14-7-9-18-10-8-14/h5-11H,3-4,12H2,1-2H3,(H2,18,19,20,23). The molecule has 0 saturated carbocycles. The van der Waals surface area contributed by atoms with Gasteiger partial charge >= 0.3 is 0 Å². The summed E-state index contributed by atoms with van der Waals surface area (Å²) < 4.78 is 11.2. The van der Waals surface area contributed by atoms with Crippen LogP contribution in [-0.2, 0) is 6.54 Å². The lowest BCUT2D eigenvalue weighted by Gasteiger charge is -2.14. The zero-order valence-electron chi connectivity index (χ0n) is 13.3. The van der Waals surface area contributed by atoms with E-state index in [1.54, 1.807) is 12.4 Å². The quantitative estimate of drug-likeness (QED) is 0.759. The summed E-state index contributed by atoms with van der Waals surface area (Å²) in [7, 11) is 0. The van der Waals surface area contributed by atoms with E-state index in [9.17, 15) is 0 Å². The first-order chi connectivity index (χ1) is 11.2. The molecule has 0 fully saturated rings. The van der Waals surface area contributed by atoms with Crippen LogP contribution in [0.4, 0.5) is 5.69 Å². The van der Waals surface area contributed by atoms with Crippen LogP contribution in [0.3, 0.4) is 0 Å². The van der Waals surface area contributed by atoms with E-state index in [-0.39, 0.29) is 0 Å². The topological polar surface area (TPSA) is 55.4 Å². The van der Waals surface area contributed by atoms with E-state index in [4.69, 9.17) is 21.7 Å². The molecule has 2 aromatic rings. The van der Waals surface area contributed by atoms with Crippen LogP contribution >= 0.6 is 12.2 Å². The molecule has 1 heterocycles. The molecule has 23 heavy (non-hydrogen) atoms. The molecule has 1 aromatic carbocycles. The molecule has 0 atom stereocenters. The molecule has 2 N–H and O–H groups in total. The number of thiocarbonyl (C=S) groups is 1. The van der Waals surface area contributed by atoms with Gasteiger partial charge in [-0.1, -0.05) is 6.07 Å². The minimum absolute atomic E-state index is 0.558. The summed E-state index contributed by atoms with van der Waals surface area (Å²) in [5.41, 5.74) is 1.97. The Hall–Kier alpha value is -2.34. The monoisotopic (exact) mass is 331 g/mol. The lowest BCUT2D eigenvalue weighted by molar-refractivity contribution is 0.287. The van der Waals surface area contributed by atoms with Crippen molar-refractivity contribution in [3.8, 4) is 11.5 Å². The number of hydrogen-bond acceptors (Lipinski definition) is 4. The fourth-order valence-electron chi connectivity index (χ4n) is 2.00. The molecule has 0 saturated heterocycles. The Morgan fingerprint density at radius 2 is 1.74 bits per heavy atom. The Kier molecular flexibility index (Phi) is 6.62. The van der Waals surface area contributed by atoms with Gasteiger partial charge in [0.25, 0.3) is 0 Å².